The molecular formula is C16H31N3O. The maximum absolute atomic E-state index is 5.29. The number of guanidine groups is 1. The summed E-state index contributed by atoms with van der Waals surface area (Å²) in [5, 5.41) is 7.04. The molecule has 2 fully saturated rings. The summed E-state index contributed by atoms with van der Waals surface area (Å²) in [6.07, 6.45) is 5.23. The number of ether oxygens (including phenoxy) is 1. The van der Waals surface area contributed by atoms with Crippen molar-refractivity contribution < 1.29 is 4.74 Å². The van der Waals surface area contributed by atoms with Gasteiger partial charge in [-0.15, -0.1) is 0 Å². The van der Waals surface area contributed by atoms with Crippen LogP contribution < -0.4 is 10.6 Å². The van der Waals surface area contributed by atoms with Crippen LogP contribution in [0.25, 0.3) is 0 Å². The molecule has 0 aromatic carbocycles. The smallest absolute Gasteiger partial charge is 0.191 e. The second-order valence-electron chi connectivity index (χ2n) is 7.23. The molecule has 1 heterocycles. The average Bonchev–Trinajstić information content (AvgIpc) is 2.41. The third-order valence-corrected chi connectivity index (χ3v) is 4.86. The van der Waals surface area contributed by atoms with Crippen LogP contribution in [0, 0.1) is 17.3 Å². The van der Waals surface area contributed by atoms with E-state index in [0.29, 0.717) is 6.04 Å². The Bertz CT molecular complexity index is 329. The summed E-state index contributed by atoms with van der Waals surface area (Å²) in [7, 11) is 1.86. The molecule has 0 aromatic heterocycles. The minimum atomic E-state index is 0.285. The second kappa shape index (κ2) is 6.79. The lowest BCUT2D eigenvalue weighted by atomic mass is 9.80. The molecule has 0 amide bonds. The number of aliphatic imine (C=N–C) groups is 1. The van der Waals surface area contributed by atoms with Gasteiger partial charge < -0.3 is 15.4 Å². The van der Waals surface area contributed by atoms with E-state index in [1.807, 2.05) is 7.05 Å². The minimum absolute atomic E-state index is 0.285. The lowest BCUT2D eigenvalue weighted by Gasteiger charge is -2.39. The van der Waals surface area contributed by atoms with Gasteiger partial charge in [0, 0.05) is 25.0 Å². The summed E-state index contributed by atoms with van der Waals surface area (Å²) in [5.74, 6) is 2.69. The Kier molecular flexibility index (Phi) is 5.30. The molecule has 1 aliphatic carbocycles. The first kappa shape index (κ1) is 15.6. The van der Waals surface area contributed by atoms with Gasteiger partial charge in [-0.3, -0.25) is 4.99 Å². The molecule has 2 N–H and O–H groups in total. The number of nitrogens with zero attached hydrogens (tertiary/aromatic N) is 1. The monoisotopic (exact) mass is 281 g/mol. The molecule has 4 nitrogen and oxygen atoms in total. The van der Waals surface area contributed by atoms with E-state index in [2.05, 4.69) is 36.4 Å². The molecule has 0 unspecified atom stereocenters. The van der Waals surface area contributed by atoms with Crippen molar-refractivity contribution in [2.45, 2.75) is 52.5 Å². The second-order valence-corrected chi connectivity index (χ2v) is 7.23. The van der Waals surface area contributed by atoms with Crippen molar-refractivity contribution in [2.24, 2.45) is 22.2 Å². The van der Waals surface area contributed by atoms with Crippen molar-refractivity contribution in [1.29, 1.82) is 0 Å². The molecule has 0 aromatic rings. The third-order valence-electron chi connectivity index (χ3n) is 4.86. The van der Waals surface area contributed by atoms with E-state index in [4.69, 9.17) is 4.74 Å². The van der Waals surface area contributed by atoms with Crippen molar-refractivity contribution in [3.63, 3.8) is 0 Å². The van der Waals surface area contributed by atoms with Crippen molar-refractivity contribution >= 4 is 5.96 Å². The molecule has 1 saturated heterocycles. The Balaban J connectivity index is 1.71. The van der Waals surface area contributed by atoms with Gasteiger partial charge in [0.05, 0.1) is 13.2 Å². The third kappa shape index (κ3) is 4.11. The standard InChI is InChI=1S/C16H31N3O/c1-12(2)13-5-7-14(8-6-13)19-15(17-4)18-9-16(3)10-20-11-16/h12-14H,5-11H2,1-4H3,(H2,17,18,19). The zero-order valence-corrected chi connectivity index (χ0v) is 13.5. The van der Waals surface area contributed by atoms with Crippen LogP contribution >= 0.6 is 0 Å². The van der Waals surface area contributed by atoms with Crippen molar-refractivity contribution in [2.75, 3.05) is 26.8 Å². The van der Waals surface area contributed by atoms with Gasteiger partial charge in [0.2, 0.25) is 0 Å². The topological polar surface area (TPSA) is 45.7 Å². The van der Waals surface area contributed by atoms with E-state index in [0.717, 1.165) is 37.6 Å². The summed E-state index contributed by atoms with van der Waals surface area (Å²) in [6.45, 7) is 9.60. The zero-order chi connectivity index (χ0) is 14.6. The Morgan fingerprint density at radius 3 is 2.35 bits per heavy atom. The predicted molar refractivity (Wildman–Crippen MR) is 84.0 cm³/mol. The first-order valence-electron chi connectivity index (χ1n) is 8.07. The van der Waals surface area contributed by atoms with Gasteiger partial charge in [-0.05, 0) is 37.5 Å². The summed E-state index contributed by atoms with van der Waals surface area (Å²) >= 11 is 0. The molecule has 4 heteroatoms. The Morgan fingerprint density at radius 2 is 1.90 bits per heavy atom. The number of nitrogens with one attached hydrogen (secondary N) is 2. The highest BCUT2D eigenvalue weighted by molar-refractivity contribution is 5.80. The van der Waals surface area contributed by atoms with Gasteiger partial charge in [-0.2, -0.15) is 0 Å². The maximum atomic E-state index is 5.29. The summed E-state index contributed by atoms with van der Waals surface area (Å²) in [4.78, 5) is 4.35. The average molecular weight is 281 g/mol. The molecule has 20 heavy (non-hydrogen) atoms. The molecule has 0 atom stereocenters. The van der Waals surface area contributed by atoms with Crippen LogP contribution in [0.2, 0.25) is 0 Å². The van der Waals surface area contributed by atoms with Gasteiger partial charge in [-0.25, -0.2) is 0 Å². The van der Waals surface area contributed by atoms with Crippen LogP contribution in [0.15, 0.2) is 4.99 Å². The molecule has 2 aliphatic rings. The van der Waals surface area contributed by atoms with Gasteiger partial charge >= 0.3 is 0 Å². The van der Waals surface area contributed by atoms with Crippen molar-refractivity contribution in [3.05, 3.63) is 0 Å². The van der Waals surface area contributed by atoms with E-state index in [1.165, 1.54) is 25.7 Å². The van der Waals surface area contributed by atoms with Crippen LogP contribution in [0.3, 0.4) is 0 Å². The molecule has 2 rings (SSSR count). The maximum Gasteiger partial charge on any atom is 0.191 e. The fraction of sp³-hybridized carbons (Fsp3) is 0.938. The fourth-order valence-corrected chi connectivity index (χ4v) is 3.17. The molecule has 0 radical (unpaired) electrons. The van der Waals surface area contributed by atoms with Crippen molar-refractivity contribution in [1.82, 2.24) is 10.6 Å². The molecule has 1 aliphatic heterocycles. The summed E-state index contributed by atoms with van der Waals surface area (Å²) < 4.78 is 5.29. The van der Waals surface area contributed by atoms with Gasteiger partial charge in [-0.1, -0.05) is 20.8 Å². The highest BCUT2D eigenvalue weighted by Gasteiger charge is 2.33. The van der Waals surface area contributed by atoms with Gasteiger partial charge in [0.1, 0.15) is 0 Å². The van der Waals surface area contributed by atoms with Gasteiger partial charge in [0.15, 0.2) is 5.96 Å². The lowest BCUT2D eigenvalue weighted by Crippen LogP contribution is -2.52. The molecule has 1 saturated carbocycles. The van der Waals surface area contributed by atoms with Crippen LogP contribution in [-0.2, 0) is 4.74 Å². The number of hydrogen-bond donors (Lipinski definition) is 2. The van der Waals surface area contributed by atoms with Crippen LogP contribution in [0.5, 0.6) is 0 Å². The van der Waals surface area contributed by atoms with E-state index >= 15 is 0 Å². The van der Waals surface area contributed by atoms with Crippen LogP contribution in [0.4, 0.5) is 0 Å². The summed E-state index contributed by atoms with van der Waals surface area (Å²) in [6, 6.07) is 0.585. The van der Waals surface area contributed by atoms with Crippen LogP contribution in [-0.4, -0.2) is 38.8 Å². The molecular weight excluding hydrogens is 250 g/mol. The van der Waals surface area contributed by atoms with Crippen molar-refractivity contribution in [3.8, 4) is 0 Å². The lowest BCUT2D eigenvalue weighted by molar-refractivity contribution is -0.0971. The highest BCUT2D eigenvalue weighted by atomic mass is 16.5. The Hall–Kier alpha value is -0.770. The molecule has 0 bridgehead atoms. The quantitative estimate of drug-likeness (QED) is 0.614. The zero-order valence-electron chi connectivity index (χ0n) is 13.5. The Morgan fingerprint density at radius 1 is 1.25 bits per heavy atom. The highest BCUT2D eigenvalue weighted by Crippen LogP contribution is 2.30. The largest absolute Gasteiger partial charge is 0.380 e. The number of hydrogen-bond acceptors (Lipinski definition) is 2. The first-order valence-corrected chi connectivity index (χ1v) is 8.07. The first-order chi connectivity index (χ1) is 9.52. The SMILES string of the molecule is CN=C(NCC1(C)COC1)NC1CCC(C(C)C)CC1. The Labute approximate surface area is 123 Å². The summed E-state index contributed by atoms with van der Waals surface area (Å²) in [5.41, 5.74) is 0.285. The molecule has 0 spiro atoms. The van der Waals surface area contributed by atoms with E-state index < -0.39 is 0 Å². The normalized spacial score (nSPS) is 29.9. The molecule has 116 valence electrons. The van der Waals surface area contributed by atoms with E-state index in [1.54, 1.807) is 0 Å². The predicted octanol–water partition coefficient (Wildman–Crippen LogP) is 2.40. The van der Waals surface area contributed by atoms with Gasteiger partial charge in [0.25, 0.3) is 0 Å². The number of rotatable bonds is 4. The van der Waals surface area contributed by atoms with E-state index in [9.17, 15) is 0 Å². The van der Waals surface area contributed by atoms with Crippen LogP contribution in [0.1, 0.15) is 46.5 Å². The van der Waals surface area contributed by atoms with E-state index in [-0.39, 0.29) is 5.41 Å². The fourth-order valence-electron chi connectivity index (χ4n) is 3.17. The minimum Gasteiger partial charge on any atom is -0.380 e.